The smallest absolute Gasteiger partial charge is 0.270 e. The molecule has 3 aliphatic heterocycles. The minimum Gasteiger partial charge on any atom is -0.372 e. The minimum atomic E-state index is -3.19. The van der Waals surface area contributed by atoms with Gasteiger partial charge in [-0.25, -0.2) is 8.42 Å². The van der Waals surface area contributed by atoms with Crippen molar-refractivity contribution in [3.63, 3.8) is 0 Å². The molecular formula is C22H26N4O5S3. The van der Waals surface area contributed by atoms with Crippen LogP contribution in [0.1, 0.15) is 37.0 Å². The van der Waals surface area contributed by atoms with E-state index in [9.17, 15) is 23.3 Å². The summed E-state index contributed by atoms with van der Waals surface area (Å²) in [5.74, 6) is 0.200. The molecule has 4 rings (SSSR count). The number of thioether (sulfide) groups is 1. The molecule has 3 unspecified atom stereocenters. The van der Waals surface area contributed by atoms with Crippen LogP contribution >= 0.6 is 24.0 Å². The van der Waals surface area contributed by atoms with E-state index in [1.54, 1.807) is 20.0 Å². The van der Waals surface area contributed by atoms with E-state index in [2.05, 4.69) is 0 Å². The number of ether oxygens (including phenoxy) is 1. The first kappa shape index (κ1) is 24.9. The second-order valence-corrected chi connectivity index (χ2v) is 12.9. The Bertz CT molecular complexity index is 1300. The summed E-state index contributed by atoms with van der Waals surface area (Å²) < 4.78 is 31.5. The van der Waals surface area contributed by atoms with E-state index in [0.717, 1.165) is 11.8 Å². The zero-order valence-electron chi connectivity index (χ0n) is 19.4. The van der Waals surface area contributed by atoms with E-state index in [-0.39, 0.29) is 35.2 Å². The van der Waals surface area contributed by atoms with Crippen LogP contribution in [-0.4, -0.2) is 71.0 Å². The van der Waals surface area contributed by atoms with Gasteiger partial charge in [0.05, 0.1) is 34.7 Å². The Kier molecular flexibility index (Phi) is 6.67. The Hall–Kier alpha value is -2.20. The molecule has 34 heavy (non-hydrogen) atoms. The zero-order valence-corrected chi connectivity index (χ0v) is 21.8. The first-order valence-electron chi connectivity index (χ1n) is 10.9. The first-order valence-corrected chi connectivity index (χ1v) is 14.0. The van der Waals surface area contributed by atoms with Crippen LogP contribution in [0.4, 0.5) is 5.82 Å². The van der Waals surface area contributed by atoms with Crippen LogP contribution in [0.25, 0.3) is 6.08 Å². The number of carbonyl (C=O) groups is 1. The average molecular weight is 523 g/mol. The van der Waals surface area contributed by atoms with E-state index >= 15 is 0 Å². The fourth-order valence-electron chi connectivity index (χ4n) is 4.85. The maximum atomic E-state index is 13.3. The van der Waals surface area contributed by atoms with Crippen LogP contribution in [0.5, 0.6) is 0 Å². The summed E-state index contributed by atoms with van der Waals surface area (Å²) in [7, 11) is -1.57. The summed E-state index contributed by atoms with van der Waals surface area (Å²) in [6.07, 6.45) is 1.91. The van der Waals surface area contributed by atoms with E-state index in [1.807, 2.05) is 24.8 Å². The normalized spacial score (nSPS) is 28.1. The molecule has 1 aromatic heterocycles. The number of nitriles is 1. The zero-order chi connectivity index (χ0) is 24.9. The topological polar surface area (TPSA) is 113 Å². The Labute approximate surface area is 208 Å². The Morgan fingerprint density at radius 2 is 1.88 bits per heavy atom. The number of amides is 1. The molecule has 0 radical (unpaired) electrons. The van der Waals surface area contributed by atoms with Crippen molar-refractivity contribution in [3.05, 3.63) is 31.9 Å². The summed E-state index contributed by atoms with van der Waals surface area (Å²) in [6, 6.07) is 1.53. The lowest BCUT2D eigenvalue weighted by Crippen LogP contribution is -2.47. The van der Waals surface area contributed by atoms with Crippen molar-refractivity contribution in [2.24, 2.45) is 7.05 Å². The van der Waals surface area contributed by atoms with Gasteiger partial charge in [0.15, 0.2) is 9.84 Å². The summed E-state index contributed by atoms with van der Waals surface area (Å²) in [5, 5.41) is 9.65. The van der Waals surface area contributed by atoms with Gasteiger partial charge in [-0.2, -0.15) is 5.26 Å². The Morgan fingerprint density at radius 3 is 2.44 bits per heavy atom. The second-order valence-electron chi connectivity index (χ2n) is 8.98. The van der Waals surface area contributed by atoms with Crippen molar-refractivity contribution in [2.75, 3.05) is 29.5 Å². The molecule has 0 aromatic carbocycles. The summed E-state index contributed by atoms with van der Waals surface area (Å²) >= 11 is 6.55. The lowest BCUT2D eigenvalue weighted by atomic mass is 10.0. The molecule has 3 fully saturated rings. The Balaban J connectivity index is 1.82. The van der Waals surface area contributed by atoms with Crippen LogP contribution in [0.15, 0.2) is 9.70 Å². The van der Waals surface area contributed by atoms with Gasteiger partial charge in [0.2, 0.25) is 0 Å². The standard InChI is InChI=1S/C22H26N4O5S3/c1-12-9-25(10-13(2)31-12)19-16(14(3)17(8-23)20(27)24(19)4)7-18-21(28)26(22(32)33-18)15-5-6-34(29,30)11-15/h7,12-13,15H,5-6,9-11H2,1-4H3. The van der Waals surface area contributed by atoms with E-state index in [0.29, 0.717) is 45.7 Å². The molecule has 1 aromatic rings. The summed E-state index contributed by atoms with van der Waals surface area (Å²) in [5.41, 5.74) is 0.701. The highest BCUT2D eigenvalue weighted by Gasteiger charge is 2.42. The monoisotopic (exact) mass is 522 g/mol. The number of nitrogens with zero attached hydrogens (tertiary/aromatic N) is 4. The number of pyridine rings is 1. The first-order chi connectivity index (χ1) is 15.9. The van der Waals surface area contributed by atoms with Crippen molar-refractivity contribution < 1.29 is 17.9 Å². The van der Waals surface area contributed by atoms with E-state index in [1.165, 1.54) is 9.47 Å². The maximum Gasteiger partial charge on any atom is 0.270 e. The van der Waals surface area contributed by atoms with E-state index < -0.39 is 21.4 Å². The molecule has 4 heterocycles. The molecule has 0 spiro atoms. The molecule has 12 heteroatoms. The third-order valence-corrected chi connectivity index (χ3v) is 9.44. The largest absolute Gasteiger partial charge is 0.372 e. The fourth-order valence-corrected chi connectivity index (χ4v) is 7.93. The highest BCUT2D eigenvalue weighted by atomic mass is 32.2. The highest BCUT2D eigenvalue weighted by molar-refractivity contribution is 8.26. The number of anilines is 1. The summed E-state index contributed by atoms with van der Waals surface area (Å²) in [6.45, 7) is 6.71. The SMILES string of the molecule is Cc1c(C=C2SC(=S)N(C3CCS(=O)(=O)C3)C2=O)c(N2CC(C)OC(C)C2)n(C)c(=O)c1C#N. The van der Waals surface area contributed by atoms with Crippen molar-refractivity contribution in [1.29, 1.82) is 5.26 Å². The quantitative estimate of drug-likeness (QED) is 0.431. The predicted molar refractivity (Wildman–Crippen MR) is 135 cm³/mol. The van der Waals surface area contributed by atoms with Crippen LogP contribution in [-0.2, 0) is 26.4 Å². The van der Waals surface area contributed by atoms with Crippen molar-refractivity contribution in [3.8, 4) is 6.07 Å². The number of rotatable bonds is 3. The minimum absolute atomic E-state index is 0.0178. The second kappa shape index (κ2) is 9.11. The van der Waals surface area contributed by atoms with Crippen LogP contribution in [0.3, 0.4) is 0 Å². The lowest BCUT2D eigenvalue weighted by Gasteiger charge is -2.38. The Morgan fingerprint density at radius 1 is 1.24 bits per heavy atom. The van der Waals surface area contributed by atoms with Crippen molar-refractivity contribution in [1.82, 2.24) is 9.47 Å². The molecule has 0 aliphatic carbocycles. The molecule has 0 saturated carbocycles. The average Bonchev–Trinajstić information content (AvgIpc) is 3.23. The fraction of sp³-hybridized carbons (Fsp3) is 0.545. The molecule has 0 N–H and O–H groups in total. The van der Waals surface area contributed by atoms with E-state index in [4.69, 9.17) is 17.0 Å². The highest BCUT2D eigenvalue weighted by Crippen LogP contribution is 2.38. The lowest BCUT2D eigenvalue weighted by molar-refractivity contribution is -0.123. The molecule has 3 aliphatic rings. The van der Waals surface area contributed by atoms with Gasteiger partial charge in [0.1, 0.15) is 21.8 Å². The molecule has 3 atom stereocenters. The number of hydrogen-bond donors (Lipinski definition) is 0. The number of carbonyl (C=O) groups excluding carboxylic acids is 1. The van der Waals surface area contributed by atoms with Gasteiger partial charge in [-0.3, -0.25) is 19.1 Å². The number of sulfone groups is 1. The molecule has 3 saturated heterocycles. The summed E-state index contributed by atoms with van der Waals surface area (Å²) in [4.78, 5) is 30.0. The van der Waals surface area contributed by atoms with Gasteiger partial charge < -0.3 is 9.64 Å². The number of hydrogen-bond acceptors (Lipinski definition) is 9. The van der Waals surface area contributed by atoms with Gasteiger partial charge in [0, 0.05) is 25.7 Å². The van der Waals surface area contributed by atoms with Gasteiger partial charge in [-0.1, -0.05) is 24.0 Å². The predicted octanol–water partition coefficient (Wildman–Crippen LogP) is 1.57. The molecular weight excluding hydrogens is 496 g/mol. The van der Waals surface area contributed by atoms with Gasteiger partial charge in [-0.15, -0.1) is 0 Å². The number of thiocarbonyl (C=S) groups is 1. The maximum absolute atomic E-state index is 13.3. The molecule has 9 nitrogen and oxygen atoms in total. The van der Waals surface area contributed by atoms with Crippen LogP contribution in [0.2, 0.25) is 0 Å². The van der Waals surface area contributed by atoms with Gasteiger partial charge in [0.25, 0.3) is 11.5 Å². The van der Waals surface area contributed by atoms with Gasteiger partial charge >= 0.3 is 0 Å². The van der Waals surface area contributed by atoms with Gasteiger partial charge in [-0.05, 0) is 38.8 Å². The number of morpholine rings is 1. The van der Waals surface area contributed by atoms with Crippen molar-refractivity contribution >= 4 is 55.9 Å². The molecule has 0 bridgehead atoms. The third kappa shape index (κ3) is 4.42. The van der Waals surface area contributed by atoms with Crippen molar-refractivity contribution in [2.45, 2.75) is 45.4 Å². The molecule has 182 valence electrons. The number of aromatic nitrogens is 1. The molecule has 1 amide bonds. The van der Waals surface area contributed by atoms with Crippen LogP contribution in [0, 0.1) is 18.3 Å². The third-order valence-electron chi connectivity index (χ3n) is 6.36. The van der Waals surface area contributed by atoms with Crippen LogP contribution < -0.4 is 10.5 Å².